The molecule has 0 amide bonds. The summed E-state index contributed by atoms with van der Waals surface area (Å²) in [4.78, 5) is 0. The molecule has 1 fully saturated rings. The van der Waals surface area contributed by atoms with Crippen LogP contribution in [-0.4, -0.2) is 37.1 Å². The Morgan fingerprint density at radius 2 is 2.00 bits per heavy atom. The first-order valence-electron chi connectivity index (χ1n) is 8.22. The minimum Gasteiger partial charge on any atom is -0.487 e. The molecule has 1 aromatic carbocycles. The summed E-state index contributed by atoms with van der Waals surface area (Å²) >= 11 is 0. The third-order valence-corrected chi connectivity index (χ3v) is 4.85. The van der Waals surface area contributed by atoms with E-state index in [1.807, 2.05) is 0 Å². The lowest BCUT2D eigenvalue weighted by molar-refractivity contribution is -0.0154. The average molecular weight is 305 g/mol. The first kappa shape index (κ1) is 15.8. The predicted octanol–water partition coefficient (Wildman–Crippen LogP) is 2.28. The van der Waals surface area contributed by atoms with Crippen LogP contribution in [0.25, 0.3) is 0 Å². The van der Waals surface area contributed by atoms with Crippen molar-refractivity contribution >= 4 is 0 Å². The van der Waals surface area contributed by atoms with Crippen molar-refractivity contribution in [3.05, 3.63) is 29.3 Å². The lowest BCUT2D eigenvalue weighted by Gasteiger charge is -2.35. The molecular formula is C18H27NO3. The highest BCUT2D eigenvalue weighted by Crippen LogP contribution is 2.35. The maximum Gasteiger partial charge on any atom is 0.123 e. The van der Waals surface area contributed by atoms with Crippen LogP contribution in [0.15, 0.2) is 18.2 Å². The molecule has 0 unspecified atom stereocenters. The van der Waals surface area contributed by atoms with Crippen LogP contribution in [0.4, 0.5) is 0 Å². The summed E-state index contributed by atoms with van der Waals surface area (Å²) in [6.07, 6.45) is 2.83. The molecule has 0 bridgehead atoms. The Labute approximate surface area is 132 Å². The smallest absolute Gasteiger partial charge is 0.123 e. The average Bonchev–Trinajstić information content (AvgIpc) is 2.81. The minimum absolute atomic E-state index is 0.0138. The highest BCUT2D eigenvalue weighted by molar-refractivity contribution is 5.41. The van der Waals surface area contributed by atoms with Crippen molar-refractivity contribution in [2.24, 2.45) is 5.41 Å². The van der Waals surface area contributed by atoms with Gasteiger partial charge in [0.2, 0.25) is 0 Å². The van der Waals surface area contributed by atoms with E-state index in [1.54, 1.807) is 0 Å². The standard InChI is InChI=1S/C18H27NO3/c1-17(2)10-15-9-14(3-4-16(15)22-17)11-19-12-18(13-20)5-7-21-8-6-18/h3-4,9,19-20H,5-8,10-13H2,1-2H3. The SMILES string of the molecule is CC1(C)Cc2cc(CNCC3(CO)CCOCC3)ccc2O1. The molecule has 2 N–H and O–H groups in total. The van der Waals surface area contributed by atoms with Crippen LogP contribution in [0.2, 0.25) is 0 Å². The first-order valence-corrected chi connectivity index (χ1v) is 8.22. The fourth-order valence-electron chi connectivity index (χ4n) is 3.44. The van der Waals surface area contributed by atoms with Gasteiger partial charge in [-0.05, 0) is 43.9 Å². The molecule has 1 saturated heterocycles. The number of aliphatic hydroxyl groups is 1. The molecule has 122 valence electrons. The molecule has 0 saturated carbocycles. The van der Waals surface area contributed by atoms with Crippen LogP contribution < -0.4 is 10.1 Å². The van der Waals surface area contributed by atoms with E-state index in [2.05, 4.69) is 37.4 Å². The molecule has 0 atom stereocenters. The Morgan fingerprint density at radius 3 is 2.73 bits per heavy atom. The van der Waals surface area contributed by atoms with Crippen molar-refractivity contribution in [3.8, 4) is 5.75 Å². The van der Waals surface area contributed by atoms with Gasteiger partial charge in [0, 0.05) is 38.1 Å². The third-order valence-electron chi connectivity index (χ3n) is 4.85. The van der Waals surface area contributed by atoms with Crippen molar-refractivity contribution < 1.29 is 14.6 Å². The summed E-state index contributed by atoms with van der Waals surface area (Å²) in [5.74, 6) is 1.02. The number of fused-ring (bicyclic) bond motifs is 1. The zero-order valence-corrected chi connectivity index (χ0v) is 13.7. The normalized spacial score (nSPS) is 22.1. The lowest BCUT2D eigenvalue weighted by atomic mass is 9.81. The van der Waals surface area contributed by atoms with E-state index in [0.29, 0.717) is 0 Å². The minimum atomic E-state index is -0.0859. The summed E-state index contributed by atoms with van der Waals surface area (Å²) < 4.78 is 11.3. The maximum absolute atomic E-state index is 9.71. The predicted molar refractivity (Wildman–Crippen MR) is 86.1 cm³/mol. The van der Waals surface area contributed by atoms with E-state index >= 15 is 0 Å². The van der Waals surface area contributed by atoms with Gasteiger partial charge in [-0.3, -0.25) is 0 Å². The second-order valence-electron chi connectivity index (χ2n) is 7.35. The van der Waals surface area contributed by atoms with Gasteiger partial charge >= 0.3 is 0 Å². The molecule has 0 aromatic heterocycles. The van der Waals surface area contributed by atoms with E-state index in [1.165, 1.54) is 11.1 Å². The van der Waals surface area contributed by atoms with Crippen LogP contribution in [-0.2, 0) is 17.7 Å². The molecular weight excluding hydrogens is 278 g/mol. The van der Waals surface area contributed by atoms with Gasteiger partial charge in [0.1, 0.15) is 11.4 Å². The fourth-order valence-corrected chi connectivity index (χ4v) is 3.44. The van der Waals surface area contributed by atoms with Crippen LogP contribution in [0.1, 0.15) is 37.8 Å². The summed E-state index contributed by atoms with van der Waals surface area (Å²) in [5, 5.41) is 13.2. The van der Waals surface area contributed by atoms with E-state index in [0.717, 1.165) is 51.3 Å². The number of nitrogens with one attached hydrogen (secondary N) is 1. The quantitative estimate of drug-likeness (QED) is 0.876. The Morgan fingerprint density at radius 1 is 1.23 bits per heavy atom. The van der Waals surface area contributed by atoms with E-state index < -0.39 is 0 Å². The van der Waals surface area contributed by atoms with Crippen molar-refractivity contribution in [3.63, 3.8) is 0 Å². The Bertz CT molecular complexity index is 521. The van der Waals surface area contributed by atoms with Crippen molar-refractivity contribution in [1.82, 2.24) is 5.32 Å². The zero-order valence-electron chi connectivity index (χ0n) is 13.7. The van der Waals surface area contributed by atoms with Crippen molar-refractivity contribution in [1.29, 1.82) is 0 Å². The van der Waals surface area contributed by atoms with Gasteiger partial charge < -0.3 is 19.9 Å². The molecule has 0 spiro atoms. The van der Waals surface area contributed by atoms with Crippen LogP contribution in [0, 0.1) is 5.41 Å². The largest absolute Gasteiger partial charge is 0.487 e. The van der Waals surface area contributed by atoms with Crippen LogP contribution in [0.3, 0.4) is 0 Å². The summed E-state index contributed by atoms with van der Waals surface area (Å²) in [5.41, 5.74) is 2.48. The van der Waals surface area contributed by atoms with Gasteiger partial charge in [-0.25, -0.2) is 0 Å². The van der Waals surface area contributed by atoms with Gasteiger partial charge in [0.05, 0.1) is 6.61 Å². The topological polar surface area (TPSA) is 50.7 Å². The summed E-state index contributed by atoms with van der Waals surface area (Å²) in [6.45, 7) is 7.67. The van der Waals surface area contributed by atoms with E-state index in [9.17, 15) is 5.11 Å². The zero-order chi connectivity index (χ0) is 15.6. The molecule has 22 heavy (non-hydrogen) atoms. The van der Waals surface area contributed by atoms with Crippen LogP contribution in [0.5, 0.6) is 5.75 Å². The molecule has 0 radical (unpaired) electrons. The second-order valence-corrected chi connectivity index (χ2v) is 7.35. The maximum atomic E-state index is 9.71. The molecule has 0 aliphatic carbocycles. The fraction of sp³-hybridized carbons (Fsp3) is 0.667. The van der Waals surface area contributed by atoms with Gasteiger partial charge in [0.15, 0.2) is 0 Å². The number of benzene rings is 1. The monoisotopic (exact) mass is 305 g/mol. The van der Waals surface area contributed by atoms with E-state index in [-0.39, 0.29) is 17.6 Å². The number of rotatable bonds is 5. The van der Waals surface area contributed by atoms with Crippen LogP contribution >= 0.6 is 0 Å². The molecule has 2 heterocycles. The van der Waals surface area contributed by atoms with Gasteiger partial charge in [-0.2, -0.15) is 0 Å². The Hall–Kier alpha value is -1.10. The van der Waals surface area contributed by atoms with Gasteiger partial charge in [0.25, 0.3) is 0 Å². The van der Waals surface area contributed by atoms with Gasteiger partial charge in [-0.1, -0.05) is 12.1 Å². The Balaban J connectivity index is 1.56. The molecule has 4 heteroatoms. The van der Waals surface area contributed by atoms with Crippen molar-refractivity contribution in [2.45, 2.75) is 45.3 Å². The molecule has 3 rings (SSSR count). The van der Waals surface area contributed by atoms with E-state index in [4.69, 9.17) is 9.47 Å². The highest BCUT2D eigenvalue weighted by atomic mass is 16.5. The van der Waals surface area contributed by atoms with Gasteiger partial charge in [-0.15, -0.1) is 0 Å². The first-order chi connectivity index (χ1) is 10.5. The second kappa shape index (κ2) is 6.19. The third kappa shape index (κ3) is 3.45. The van der Waals surface area contributed by atoms with Crippen molar-refractivity contribution in [2.75, 3.05) is 26.4 Å². The Kier molecular flexibility index (Phi) is 4.44. The number of aliphatic hydroxyl groups excluding tert-OH is 1. The number of hydrogen-bond acceptors (Lipinski definition) is 4. The highest BCUT2D eigenvalue weighted by Gasteiger charge is 2.32. The lowest BCUT2D eigenvalue weighted by Crippen LogP contribution is -2.41. The molecule has 2 aliphatic heterocycles. The molecule has 4 nitrogen and oxygen atoms in total. The molecule has 2 aliphatic rings. The molecule has 1 aromatic rings. The summed E-state index contributed by atoms with van der Waals surface area (Å²) in [6, 6.07) is 6.45. The number of ether oxygens (including phenoxy) is 2. The summed E-state index contributed by atoms with van der Waals surface area (Å²) in [7, 11) is 0. The number of hydrogen-bond donors (Lipinski definition) is 2.